The fourth-order valence-corrected chi connectivity index (χ4v) is 2.99. The molecule has 7 nitrogen and oxygen atoms in total. The minimum absolute atomic E-state index is 0.0928. The molecule has 0 bridgehead atoms. The third kappa shape index (κ3) is 4.33. The largest absolute Gasteiger partial charge is 0.481 e. The number of nitro groups is 1. The summed E-state index contributed by atoms with van der Waals surface area (Å²) in [6, 6.07) is 2.36. The Bertz CT molecular complexity index is 895. The Morgan fingerprint density at radius 1 is 1.39 bits per heavy atom. The van der Waals surface area contributed by atoms with E-state index in [1.807, 2.05) is 0 Å². The first-order chi connectivity index (χ1) is 12.9. The van der Waals surface area contributed by atoms with Crippen LogP contribution in [0.4, 0.5) is 13.2 Å². The third-order valence-corrected chi connectivity index (χ3v) is 4.40. The number of aliphatic carboxylic acids is 1. The standard InChI is InChI=1S/C17H13ClF3NO6/c1-9(23)12-7-11(4-5-16(12,22(26)27)8-15(24)25)28-14-3-2-10(6-13(14)18)17(19,20)21/h2-7,12H,8H2,1H3,(H,24,25). The summed E-state index contributed by atoms with van der Waals surface area (Å²) in [5.41, 5.74) is -3.19. The minimum atomic E-state index is -4.60. The van der Waals surface area contributed by atoms with Crippen LogP contribution in [0.5, 0.6) is 5.75 Å². The lowest BCUT2D eigenvalue weighted by molar-refractivity contribution is -0.559. The van der Waals surface area contributed by atoms with E-state index in [4.69, 9.17) is 21.4 Å². The van der Waals surface area contributed by atoms with Crippen molar-refractivity contribution in [2.24, 2.45) is 5.92 Å². The average molecular weight is 420 g/mol. The molecule has 28 heavy (non-hydrogen) atoms. The number of ether oxygens (including phenoxy) is 1. The van der Waals surface area contributed by atoms with Crippen LogP contribution in [0.3, 0.4) is 0 Å². The molecule has 1 aromatic carbocycles. The summed E-state index contributed by atoms with van der Waals surface area (Å²) in [6.07, 6.45) is -2.47. The van der Waals surface area contributed by atoms with Crippen LogP contribution in [0.1, 0.15) is 18.9 Å². The van der Waals surface area contributed by atoms with Gasteiger partial charge in [0, 0.05) is 4.92 Å². The molecule has 0 radical (unpaired) electrons. The van der Waals surface area contributed by atoms with E-state index in [9.17, 15) is 32.9 Å². The maximum absolute atomic E-state index is 12.7. The number of allylic oxidation sites excluding steroid dienone is 1. The van der Waals surface area contributed by atoms with E-state index in [2.05, 4.69) is 0 Å². The zero-order valence-corrected chi connectivity index (χ0v) is 15.0. The molecular formula is C17H13ClF3NO6. The number of carbonyl (C=O) groups is 2. The van der Waals surface area contributed by atoms with Gasteiger partial charge >= 0.3 is 12.1 Å². The number of alkyl halides is 3. The number of carboxylic acid groups (broad SMARTS) is 1. The van der Waals surface area contributed by atoms with E-state index in [0.717, 1.165) is 37.3 Å². The summed E-state index contributed by atoms with van der Waals surface area (Å²) in [5, 5.41) is 20.2. The summed E-state index contributed by atoms with van der Waals surface area (Å²) in [7, 11) is 0. The van der Waals surface area contributed by atoms with Crippen LogP contribution in [0.2, 0.25) is 5.02 Å². The van der Waals surface area contributed by atoms with Gasteiger partial charge in [-0.15, -0.1) is 0 Å². The van der Waals surface area contributed by atoms with E-state index < -0.39 is 46.3 Å². The number of rotatable bonds is 6. The van der Waals surface area contributed by atoms with Crippen molar-refractivity contribution in [2.45, 2.75) is 25.1 Å². The van der Waals surface area contributed by atoms with Crippen molar-refractivity contribution in [2.75, 3.05) is 0 Å². The van der Waals surface area contributed by atoms with E-state index in [1.165, 1.54) is 0 Å². The highest BCUT2D eigenvalue weighted by Gasteiger charge is 2.53. The Morgan fingerprint density at radius 2 is 2.04 bits per heavy atom. The molecule has 11 heteroatoms. The van der Waals surface area contributed by atoms with Crippen LogP contribution in [-0.4, -0.2) is 27.3 Å². The topological polar surface area (TPSA) is 107 Å². The molecule has 1 aromatic rings. The summed E-state index contributed by atoms with van der Waals surface area (Å²) in [6.45, 7) is 1.06. The molecule has 2 atom stereocenters. The van der Waals surface area contributed by atoms with Crippen molar-refractivity contribution in [3.63, 3.8) is 0 Å². The van der Waals surface area contributed by atoms with Crippen LogP contribution < -0.4 is 4.74 Å². The second-order valence-electron chi connectivity index (χ2n) is 6.05. The molecule has 0 saturated heterocycles. The number of carbonyl (C=O) groups excluding carboxylic acids is 1. The predicted octanol–water partition coefficient (Wildman–Crippen LogP) is 3.89. The molecule has 2 rings (SSSR count). The van der Waals surface area contributed by atoms with Crippen molar-refractivity contribution in [3.05, 3.63) is 62.9 Å². The molecule has 1 N–H and O–H groups in total. The van der Waals surface area contributed by atoms with E-state index >= 15 is 0 Å². The second kappa shape index (κ2) is 7.63. The Morgan fingerprint density at radius 3 is 2.50 bits per heavy atom. The number of carboxylic acids is 1. The van der Waals surface area contributed by atoms with Gasteiger partial charge in [-0.05, 0) is 43.4 Å². The predicted molar refractivity (Wildman–Crippen MR) is 90.5 cm³/mol. The molecule has 0 saturated carbocycles. The van der Waals surface area contributed by atoms with Crippen LogP contribution in [0.25, 0.3) is 0 Å². The number of benzene rings is 1. The molecule has 0 heterocycles. The highest BCUT2D eigenvalue weighted by atomic mass is 35.5. The van der Waals surface area contributed by atoms with Crippen molar-refractivity contribution in [1.29, 1.82) is 0 Å². The van der Waals surface area contributed by atoms with Gasteiger partial charge in [0.15, 0.2) is 0 Å². The van der Waals surface area contributed by atoms with Gasteiger partial charge in [0.25, 0.3) is 5.54 Å². The lowest BCUT2D eigenvalue weighted by atomic mass is 9.76. The van der Waals surface area contributed by atoms with Gasteiger partial charge in [0.05, 0.1) is 10.6 Å². The Kier molecular flexibility index (Phi) is 5.83. The van der Waals surface area contributed by atoms with Crippen molar-refractivity contribution in [1.82, 2.24) is 0 Å². The summed E-state index contributed by atoms with van der Waals surface area (Å²) in [5.74, 6) is -3.87. The Labute approximate surface area is 161 Å². The molecule has 2 unspecified atom stereocenters. The van der Waals surface area contributed by atoms with Gasteiger partial charge < -0.3 is 9.84 Å². The van der Waals surface area contributed by atoms with Gasteiger partial charge in [0.1, 0.15) is 29.6 Å². The van der Waals surface area contributed by atoms with Crippen LogP contribution in [0.15, 0.2) is 42.2 Å². The first-order valence-electron chi connectivity index (χ1n) is 7.69. The normalized spacial score (nSPS) is 21.8. The van der Waals surface area contributed by atoms with E-state index in [-0.39, 0.29) is 16.5 Å². The molecule has 0 amide bonds. The Balaban J connectivity index is 2.38. The van der Waals surface area contributed by atoms with Crippen LogP contribution >= 0.6 is 11.6 Å². The summed E-state index contributed by atoms with van der Waals surface area (Å²) in [4.78, 5) is 33.7. The zero-order chi connectivity index (χ0) is 21.3. The van der Waals surface area contributed by atoms with Gasteiger partial charge in [-0.3, -0.25) is 19.7 Å². The number of nitrogens with zero attached hydrogens (tertiary/aromatic N) is 1. The Hall–Kier alpha value is -2.88. The SMILES string of the molecule is CC(=O)C1C=C(Oc2ccc(C(F)(F)F)cc2Cl)C=CC1(CC(=O)O)[N+](=O)[O-]. The van der Waals surface area contributed by atoms with Crippen LogP contribution in [-0.2, 0) is 15.8 Å². The molecular weight excluding hydrogens is 407 g/mol. The number of ketones is 1. The first-order valence-corrected chi connectivity index (χ1v) is 8.07. The number of halogens is 4. The fraction of sp³-hybridized carbons (Fsp3) is 0.294. The summed E-state index contributed by atoms with van der Waals surface area (Å²) >= 11 is 5.80. The highest BCUT2D eigenvalue weighted by molar-refractivity contribution is 6.32. The smallest absolute Gasteiger partial charge is 0.416 e. The lowest BCUT2D eigenvalue weighted by Crippen LogP contribution is -2.49. The molecule has 1 aliphatic rings. The van der Waals surface area contributed by atoms with Crippen molar-refractivity contribution in [3.8, 4) is 5.75 Å². The second-order valence-corrected chi connectivity index (χ2v) is 6.46. The van der Waals surface area contributed by atoms with Gasteiger partial charge in [-0.1, -0.05) is 11.6 Å². The van der Waals surface area contributed by atoms with E-state index in [0.29, 0.717) is 6.07 Å². The monoisotopic (exact) mass is 419 g/mol. The zero-order valence-electron chi connectivity index (χ0n) is 14.2. The highest BCUT2D eigenvalue weighted by Crippen LogP contribution is 2.38. The van der Waals surface area contributed by atoms with Crippen LogP contribution in [0, 0.1) is 16.0 Å². The maximum Gasteiger partial charge on any atom is 0.416 e. The number of hydrogen-bond donors (Lipinski definition) is 1. The number of Topliss-reactive ketones (excluding diaryl/α,β-unsaturated/α-hetero) is 1. The molecule has 0 aliphatic heterocycles. The van der Waals surface area contributed by atoms with Crippen molar-refractivity contribution >= 4 is 23.4 Å². The van der Waals surface area contributed by atoms with Gasteiger partial charge in [0.2, 0.25) is 0 Å². The third-order valence-electron chi connectivity index (χ3n) is 4.11. The molecule has 0 spiro atoms. The van der Waals surface area contributed by atoms with Gasteiger partial charge in [-0.25, -0.2) is 0 Å². The lowest BCUT2D eigenvalue weighted by Gasteiger charge is -2.29. The first kappa shape index (κ1) is 21.4. The van der Waals surface area contributed by atoms with Crippen molar-refractivity contribution < 1.29 is 37.5 Å². The van der Waals surface area contributed by atoms with E-state index in [1.54, 1.807) is 0 Å². The fourth-order valence-electron chi connectivity index (χ4n) is 2.77. The summed E-state index contributed by atoms with van der Waals surface area (Å²) < 4.78 is 43.4. The number of hydrogen-bond acceptors (Lipinski definition) is 5. The quantitative estimate of drug-likeness (QED) is 0.553. The molecule has 0 fully saturated rings. The minimum Gasteiger partial charge on any atom is -0.481 e. The maximum atomic E-state index is 12.7. The van der Waals surface area contributed by atoms with Gasteiger partial charge in [-0.2, -0.15) is 13.2 Å². The molecule has 150 valence electrons. The molecule has 0 aromatic heterocycles. The molecule has 1 aliphatic carbocycles. The average Bonchev–Trinajstić information content (AvgIpc) is 2.56.